The molecule has 1 heterocycles. The molecule has 1 fully saturated rings. The lowest BCUT2D eigenvalue weighted by Crippen LogP contribution is -2.44. The molecule has 0 aromatic carbocycles. The molecule has 5 heteroatoms. The van der Waals surface area contributed by atoms with Crippen molar-refractivity contribution in [1.82, 2.24) is 9.97 Å². The summed E-state index contributed by atoms with van der Waals surface area (Å²) < 4.78 is 0. The lowest BCUT2D eigenvalue weighted by atomic mass is 9.82. The summed E-state index contributed by atoms with van der Waals surface area (Å²) in [5, 5.41) is 12.8. The number of nitrogens with one attached hydrogen (secondary N) is 1. The van der Waals surface area contributed by atoms with Crippen LogP contribution in [0.2, 0.25) is 0 Å². The van der Waals surface area contributed by atoms with E-state index in [-0.39, 0.29) is 12.1 Å². The molecule has 4 N–H and O–H groups in total. The van der Waals surface area contributed by atoms with Gasteiger partial charge < -0.3 is 16.2 Å². The first-order chi connectivity index (χ1) is 7.74. The number of nitrogens with zero attached hydrogens (tertiary/aromatic N) is 2. The van der Waals surface area contributed by atoms with Gasteiger partial charge in [0.2, 0.25) is 5.95 Å². The maximum atomic E-state index is 9.52. The van der Waals surface area contributed by atoms with Crippen molar-refractivity contribution in [1.29, 1.82) is 0 Å². The highest BCUT2D eigenvalue weighted by Gasteiger charge is 2.31. The Morgan fingerprint density at radius 3 is 2.75 bits per heavy atom. The molecule has 0 unspecified atom stereocenters. The number of aromatic nitrogens is 2. The summed E-state index contributed by atoms with van der Waals surface area (Å²) in [5.41, 5.74) is 5.34. The Balaban J connectivity index is 2.11. The van der Waals surface area contributed by atoms with E-state index >= 15 is 0 Å². The molecular formula is C11H18N4O. The van der Waals surface area contributed by atoms with Crippen LogP contribution >= 0.6 is 0 Å². The highest BCUT2D eigenvalue weighted by atomic mass is 16.3. The Morgan fingerprint density at radius 2 is 2.12 bits per heavy atom. The van der Waals surface area contributed by atoms with Gasteiger partial charge in [-0.2, -0.15) is 4.98 Å². The Bertz CT molecular complexity index is 350. The summed E-state index contributed by atoms with van der Waals surface area (Å²) in [6.07, 6.45) is 7.05. The molecule has 16 heavy (non-hydrogen) atoms. The molecule has 1 saturated carbocycles. The van der Waals surface area contributed by atoms with Gasteiger partial charge >= 0.3 is 0 Å². The molecule has 5 nitrogen and oxygen atoms in total. The number of hydrogen-bond donors (Lipinski definition) is 3. The predicted octanol–water partition coefficient (Wildman–Crippen LogP) is 1.17. The molecular weight excluding hydrogens is 204 g/mol. The van der Waals surface area contributed by atoms with Gasteiger partial charge in [0.25, 0.3) is 0 Å². The Morgan fingerprint density at radius 1 is 1.38 bits per heavy atom. The maximum Gasteiger partial charge on any atom is 0.225 e. The van der Waals surface area contributed by atoms with E-state index in [9.17, 15) is 5.11 Å². The molecule has 1 aromatic heterocycles. The predicted molar refractivity (Wildman–Crippen MR) is 63.0 cm³/mol. The average Bonchev–Trinajstić information content (AvgIpc) is 2.30. The zero-order valence-corrected chi connectivity index (χ0v) is 9.32. The third-order valence-corrected chi connectivity index (χ3v) is 3.17. The smallest absolute Gasteiger partial charge is 0.225 e. The fourth-order valence-corrected chi connectivity index (χ4v) is 2.22. The number of aliphatic hydroxyl groups is 1. The SMILES string of the molecule is Nc1ccnc(NC2(CO)CCCCC2)n1. The highest BCUT2D eigenvalue weighted by molar-refractivity contribution is 5.37. The minimum absolute atomic E-state index is 0.116. The molecule has 0 radical (unpaired) electrons. The monoisotopic (exact) mass is 222 g/mol. The maximum absolute atomic E-state index is 9.52. The summed E-state index contributed by atoms with van der Waals surface area (Å²) in [6, 6.07) is 1.65. The standard InChI is InChI=1S/C11H18N4O/c12-9-4-7-13-10(14-9)15-11(8-16)5-2-1-3-6-11/h4,7,16H,1-3,5-6,8H2,(H3,12,13,14,15). The molecule has 0 bridgehead atoms. The second-order valence-electron chi connectivity index (χ2n) is 4.43. The number of aliphatic hydroxyl groups excluding tert-OH is 1. The van der Waals surface area contributed by atoms with Crippen LogP contribution in [-0.2, 0) is 0 Å². The molecule has 1 aliphatic carbocycles. The van der Waals surface area contributed by atoms with Crippen molar-refractivity contribution in [3.8, 4) is 0 Å². The van der Waals surface area contributed by atoms with Crippen LogP contribution in [0.15, 0.2) is 12.3 Å². The minimum Gasteiger partial charge on any atom is -0.394 e. The molecule has 0 spiro atoms. The number of hydrogen-bond acceptors (Lipinski definition) is 5. The number of rotatable bonds is 3. The van der Waals surface area contributed by atoms with Gasteiger partial charge in [0, 0.05) is 6.20 Å². The van der Waals surface area contributed by atoms with E-state index in [1.165, 1.54) is 6.42 Å². The molecule has 88 valence electrons. The molecule has 0 aliphatic heterocycles. The molecule has 0 saturated heterocycles. The first-order valence-electron chi connectivity index (χ1n) is 5.72. The van der Waals surface area contributed by atoms with Crippen molar-refractivity contribution >= 4 is 11.8 Å². The second-order valence-corrected chi connectivity index (χ2v) is 4.43. The van der Waals surface area contributed by atoms with E-state index in [1.807, 2.05) is 0 Å². The number of anilines is 2. The van der Waals surface area contributed by atoms with Crippen LogP contribution in [0.1, 0.15) is 32.1 Å². The van der Waals surface area contributed by atoms with Gasteiger partial charge in [0.05, 0.1) is 12.1 Å². The molecule has 1 aliphatic rings. The van der Waals surface area contributed by atoms with Crippen LogP contribution < -0.4 is 11.1 Å². The zero-order chi connectivity index (χ0) is 11.4. The largest absolute Gasteiger partial charge is 0.394 e. The molecule has 1 aromatic rings. The van der Waals surface area contributed by atoms with E-state index in [0.29, 0.717) is 11.8 Å². The Labute approximate surface area is 95.1 Å². The van der Waals surface area contributed by atoms with Gasteiger partial charge in [-0.05, 0) is 18.9 Å². The van der Waals surface area contributed by atoms with Crippen LogP contribution in [-0.4, -0.2) is 27.2 Å². The molecule has 2 rings (SSSR count). The van der Waals surface area contributed by atoms with E-state index in [1.54, 1.807) is 12.3 Å². The first kappa shape index (κ1) is 11.1. The van der Waals surface area contributed by atoms with Crippen LogP contribution in [0.4, 0.5) is 11.8 Å². The van der Waals surface area contributed by atoms with Gasteiger partial charge in [-0.1, -0.05) is 19.3 Å². The van der Waals surface area contributed by atoms with Crippen molar-refractivity contribution in [3.05, 3.63) is 12.3 Å². The second kappa shape index (κ2) is 4.65. The van der Waals surface area contributed by atoms with Crippen molar-refractivity contribution in [2.24, 2.45) is 0 Å². The summed E-state index contributed by atoms with van der Waals surface area (Å²) in [4.78, 5) is 8.22. The topological polar surface area (TPSA) is 84.1 Å². The van der Waals surface area contributed by atoms with E-state index < -0.39 is 0 Å². The van der Waals surface area contributed by atoms with Crippen molar-refractivity contribution in [2.75, 3.05) is 17.7 Å². The van der Waals surface area contributed by atoms with Crippen LogP contribution in [0.3, 0.4) is 0 Å². The number of nitrogen functional groups attached to an aromatic ring is 1. The fourth-order valence-electron chi connectivity index (χ4n) is 2.22. The highest BCUT2D eigenvalue weighted by Crippen LogP contribution is 2.30. The van der Waals surface area contributed by atoms with E-state index in [4.69, 9.17) is 5.73 Å². The fraction of sp³-hybridized carbons (Fsp3) is 0.636. The van der Waals surface area contributed by atoms with Crippen molar-refractivity contribution in [3.63, 3.8) is 0 Å². The van der Waals surface area contributed by atoms with Crippen LogP contribution in [0.5, 0.6) is 0 Å². The van der Waals surface area contributed by atoms with Crippen LogP contribution in [0, 0.1) is 0 Å². The van der Waals surface area contributed by atoms with E-state index in [2.05, 4.69) is 15.3 Å². The van der Waals surface area contributed by atoms with Gasteiger partial charge in [0.15, 0.2) is 0 Å². The van der Waals surface area contributed by atoms with Gasteiger partial charge in [-0.15, -0.1) is 0 Å². The average molecular weight is 222 g/mol. The normalized spacial score (nSPS) is 19.3. The Hall–Kier alpha value is -1.36. The zero-order valence-electron chi connectivity index (χ0n) is 9.32. The molecule has 0 atom stereocenters. The molecule has 0 amide bonds. The third-order valence-electron chi connectivity index (χ3n) is 3.17. The summed E-state index contributed by atoms with van der Waals surface area (Å²) in [6.45, 7) is 0.116. The van der Waals surface area contributed by atoms with Crippen LogP contribution in [0.25, 0.3) is 0 Å². The van der Waals surface area contributed by atoms with Gasteiger partial charge in [-0.3, -0.25) is 0 Å². The quantitative estimate of drug-likeness (QED) is 0.715. The summed E-state index contributed by atoms with van der Waals surface area (Å²) in [5.74, 6) is 0.956. The van der Waals surface area contributed by atoms with Crippen molar-refractivity contribution < 1.29 is 5.11 Å². The lowest BCUT2D eigenvalue weighted by molar-refractivity contribution is 0.172. The summed E-state index contributed by atoms with van der Waals surface area (Å²) >= 11 is 0. The lowest BCUT2D eigenvalue weighted by Gasteiger charge is -2.36. The first-order valence-corrected chi connectivity index (χ1v) is 5.72. The van der Waals surface area contributed by atoms with E-state index in [0.717, 1.165) is 25.7 Å². The minimum atomic E-state index is -0.258. The van der Waals surface area contributed by atoms with Gasteiger partial charge in [-0.25, -0.2) is 4.98 Å². The van der Waals surface area contributed by atoms with Crippen molar-refractivity contribution in [2.45, 2.75) is 37.6 Å². The third kappa shape index (κ3) is 2.41. The Kier molecular flexibility index (Phi) is 3.24. The summed E-state index contributed by atoms with van der Waals surface area (Å²) in [7, 11) is 0. The van der Waals surface area contributed by atoms with Gasteiger partial charge in [0.1, 0.15) is 5.82 Å². The number of nitrogens with two attached hydrogens (primary N) is 1.